The van der Waals surface area contributed by atoms with Crippen molar-refractivity contribution in [3.05, 3.63) is 29.6 Å². The molecule has 1 atom stereocenters. The van der Waals surface area contributed by atoms with E-state index in [2.05, 4.69) is 4.98 Å². The number of halogens is 1. The number of nitrogens with zero attached hydrogens (tertiary/aromatic N) is 1. The highest BCUT2D eigenvalue weighted by Gasteiger charge is 2.27. The third-order valence-corrected chi connectivity index (χ3v) is 2.48. The van der Waals surface area contributed by atoms with Crippen LogP contribution in [0.15, 0.2) is 18.2 Å². The van der Waals surface area contributed by atoms with E-state index in [1.165, 1.54) is 0 Å². The van der Waals surface area contributed by atoms with E-state index in [1.807, 2.05) is 39.0 Å². The van der Waals surface area contributed by atoms with Gasteiger partial charge in [0.05, 0.1) is 18.3 Å². The third-order valence-electron chi connectivity index (χ3n) is 2.48. The molecule has 15 heavy (non-hydrogen) atoms. The Morgan fingerprint density at radius 2 is 2.07 bits per heavy atom. The number of pyridine rings is 1. The lowest BCUT2D eigenvalue weighted by atomic mass is 9.84. The van der Waals surface area contributed by atoms with Crippen LogP contribution >= 0.6 is 12.4 Å². The van der Waals surface area contributed by atoms with Crippen molar-refractivity contribution in [2.24, 2.45) is 11.1 Å². The van der Waals surface area contributed by atoms with Crippen LogP contribution in [-0.2, 0) is 0 Å². The zero-order valence-electron chi connectivity index (χ0n) is 9.40. The molecule has 0 unspecified atom stereocenters. The fourth-order valence-electron chi connectivity index (χ4n) is 1.24. The average molecular weight is 231 g/mol. The molecule has 0 aliphatic carbocycles. The Bertz CT molecular complexity index is 315. The Morgan fingerprint density at radius 1 is 1.47 bits per heavy atom. The number of aromatic nitrogens is 1. The summed E-state index contributed by atoms with van der Waals surface area (Å²) in [7, 11) is 0. The largest absolute Gasteiger partial charge is 0.396 e. The second kappa shape index (κ2) is 5.45. The molecule has 0 saturated carbocycles. The molecule has 0 saturated heterocycles. The average Bonchev–Trinajstić information content (AvgIpc) is 2.16. The van der Waals surface area contributed by atoms with Crippen molar-refractivity contribution in [2.45, 2.75) is 26.8 Å². The summed E-state index contributed by atoms with van der Waals surface area (Å²) in [5, 5.41) is 9.19. The second-order valence-electron chi connectivity index (χ2n) is 4.33. The fraction of sp³-hybridized carbons (Fsp3) is 0.545. The van der Waals surface area contributed by atoms with Gasteiger partial charge in [0.2, 0.25) is 0 Å². The van der Waals surface area contributed by atoms with Crippen LogP contribution in [0, 0.1) is 12.3 Å². The molecule has 0 fully saturated rings. The third kappa shape index (κ3) is 3.45. The van der Waals surface area contributed by atoms with Crippen LogP contribution in [0.4, 0.5) is 0 Å². The Labute approximate surface area is 97.1 Å². The van der Waals surface area contributed by atoms with Crippen LogP contribution in [-0.4, -0.2) is 16.7 Å². The quantitative estimate of drug-likeness (QED) is 0.833. The normalized spacial score (nSPS) is 13.1. The van der Waals surface area contributed by atoms with Gasteiger partial charge in [0.15, 0.2) is 0 Å². The van der Waals surface area contributed by atoms with E-state index in [0.29, 0.717) is 0 Å². The summed E-state index contributed by atoms with van der Waals surface area (Å²) in [6, 6.07) is 5.54. The molecule has 1 heterocycles. The molecule has 0 bridgehead atoms. The molecule has 1 aromatic heterocycles. The Balaban J connectivity index is 0.00000196. The molecule has 3 N–H and O–H groups in total. The lowest BCUT2D eigenvalue weighted by Gasteiger charge is -2.28. The van der Waals surface area contributed by atoms with E-state index in [4.69, 9.17) is 5.73 Å². The van der Waals surface area contributed by atoms with E-state index in [-0.39, 0.29) is 30.5 Å². The summed E-state index contributed by atoms with van der Waals surface area (Å²) in [4.78, 5) is 4.35. The van der Waals surface area contributed by atoms with Crippen LogP contribution in [0.2, 0.25) is 0 Å². The molecule has 3 nitrogen and oxygen atoms in total. The fourth-order valence-corrected chi connectivity index (χ4v) is 1.24. The molecular weight excluding hydrogens is 212 g/mol. The topological polar surface area (TPSA) is 59.1 Å². The molecule has 0 aromatic carbocycles. The predicted octanol–water partition coefficient (Wildman–Crippen LogP) is 1.83. The summed E-state index contributed by atoms with van der Waals surface area (Å²) >= 11 is 0. The number of hydrogen-bond donors (Lipinski definition) is 2. The molecular formula is C11H19ClN2O. The van der Waals surface area contributed by atoms with Gasteiger partial charge in [-0.05, 0) is 19.1 Å². The molecule has 1 aromatic rings. The zero-order valence-corrected chi connectivity index (χ0v) is 10.2. The van der Waals surface area contributed by atoms with Crippen molar-refractivity contribution in [1.82, 2.24) is 4.98 Å². The van der Waals surface area contributed by atoms with Gasteiger partial charge in [-0.1, -0.05) is 19.9 Å². The van der Waals surface area contributed by atoms with Crippen molar-refractivity contribution in [3.63, 3.8) is 0 Å². The first-order chi connectivity index (χ1) is 6.47. The van der Waals surface area contributed by atoms with Crippen molar-refractivity contribution in [2.75, 3.05) is 6.61 Å². The highest BCUT2D eigenvalue weighted by Crippen LogP contribution is 2.29. The van der Waals surface area contributed by atoms with Crippen molar-refractivity contribution < 1.29 is 5.11 Å². The van der Waals surface area contributed by atoms with E-state index in [0.717, 1.165) is 11.4 Å². The van der Waals surface area contributed by atoms with Crippen molar-refractivity contribution in [1.29, 1.82) is 0 Å². The molecule has 0 aliphatic rings. The van der Waals surface area contributed by atoms with Crippen LogP contribution in [0.25, 0.3) is 0 Å². The highest BCUT2D eigenvalue weighted by atomic mass is 35.5. The van der Waals surface area contributed by atoms with Crippen molar-refractivity contribution >= 4 is 12.4 Å². The molecule has 0 radical (unpaired) electrons. The molecule has 1 rings (SSSR count). The number of aryl methyl sites for hydroxylation is 1. The standard InChI is InChI=1S/C11H18N2O.ClH/c1-8-5-4-6-9(13-8)10(12)11(2,3)7-14;/h4-6,10,14H,7,12H2,1-3H3;1H/t10-;/m1./s1. The first-order valence-corrected chi connectivity index (χ1v) is 4.77. The van der Waals surface area contributed by atoms with Gasteiger partial charge in [0, 0.05) is 11.1 Å². The monoisotopic (exact) mass is 230 g/mol. The van der Waals surface area contributed by atoms with Crippen LogP contribution in [0.5, 0.6) is 0 Å². The summed E-state index contributed by atoms with van der Waals surface area (Å²) in [5.41, 5.74) is 7.48. The predicted molar refractivity (Wildman–Crippen MR) is 64.0 cm³/mol. The number of aliphatic hydroxyl groups is 1. The minimum absolute atomic E-state index is 0. The number of nitrogens with two attached hydrogens (primary N) is 1. The van der Waals surface area contributed by atoms with E-state index >= 15 is 0 Å². The lowest BCUT2D eigenvalue weighted by molar-refractivity contribution is 0.130. The van der Waals surface area contributed by atoms with E-state index < -0.39 is 0 Å². The smallest absolute Gasteiger partial charge is 0.0580 e. The zero-order chi connectivity index (χ0) is 10.8. The molecule has 0 spiro atoms. The summed E-state index contributed by atoms with van der Waals surface area (Å²) in [6.07, 6.45) is 0. The van der Waals surface area contributed by atoms with E-state index in [1.54, 1.807) is 0 Å². The van der Waals surface area contributed by atoms with Gasteiger partial charge in [-0.2, -0.15) is 0 Å². The van der Waals surface area contributed by atoms with Gasteiger partial charge in [-0.15, -0.1) is 12.4 Å². The van der Waals surface area contributed by atoms with Gasteiger partial charge in [-0.3, -0.25) is 4.98 Å². The molecule has 86 valence electrons. The minimum atomic E-state index is -0.333. The van der Waals surface area contributed by atoms with Gasteiger partial charge in [0.1, 0.15) is 0 Å². The number of aliphatic hydroxyl groups excluding tert-OH is 1. The SMILES string of the molecule is Cc1cccc([C@@H](N)C(C)(C)CO)n1.Cl. The molecule has 0 aliphatic heterocycles. The van der Waals surface area contributed by atoms with Gasteiger partial charge in [-0.25, -0.2) is 0 Å². The first kappa shape index (κ1) is 14.4. The Hall–Kier alpha value is -0.640. The van der Waals surface area contributed by atoms with Gasteiger partial charge < -0.3 is 10.8 Å². The van der Waals surface area contributed by atoms with Gasteiger partial charge >= 0.3 is 0 Å². The summed E-state index contributed by atoms with van der Waals surface area (Å²) < 4.78 is 0. The maximum atomic E-state index is 9.19. The highest BCUT2D eigenvalue weighted by molar-refractivity contribution is 5.85. The van der Waals surface area contributed by atoms with Gasteiger partial charge in [0.25, 0.3) is 0 Å². The van der Waals surface area contributed by atoms with Crippen LogP contribution in [0.3, 0.4) is 0 Å². The Kier molecular flexibility index (Phi) is 5.21. The minimum Gasteiger partial charge on any atom is -0.396 e. The molecule has 4 heteroatoms. The second-order valence-corrected chi connectivity index (χ2v) is 4.33. The maximum absolute atomic E-state index is 9.19. The van der Waals surface area contributed by atoms with Crippen LogP contribution in [0.1, 0.15) is 31.3 Å². The number of hydrogen-bond acceptors (Lipinski definition) is 3. The van der Waals surface area contributed by atoms with Crippen molar-refractivity contribution in [3.8, 4) is 0 Å². The first-order valence-electron chi connectivity index (χ1n) is 4.77. The summed E-state index contributed by atoms with van der Waals surface area (Å²) in [6.45, 7) is 5.86. The van der Waals surface area contributed by atoms with Crippen LogP contribution < -0.4 is 5.73 Å². The lowest BCUT2D eigenvalue weighted by Crippen LogP contribution is -2.33. The summed E-state index contributed by atoms with van der Waals surface area (Å²) in [5.74, 6) is 0. The molecule has 0 amide bonds. The maximum Gasteiger partial charge on any atom is 0.0580 e. The Morgan fingerprint density at radius 3 is 2.53 bits per heavy atom. The van der Waals surface area contributed by atoms with E-state index in [9.17, 15) is 5.11 Å². The number of rotatable bonds is 3.